The summed E-state index contributed by atoms with van der Waals surface area (Å²) in [5.74, 6) is -6.79. The molecule has 6 aliphatic rings. The van der Waals surface area contributed by atoms with E-state index in [0.29, 0.717) is 144 Å². The number of hydrogen-bond acceptors (Lipinski definition) is 21. The molecular formula is C81H85F4N15O13. The van der Waals surface area contributed by atoms with Crippen molar-refractivity contribution in [1.82, 2.24) is 55.2 Å². The Kier molecular flexibility index (Phi) is 23.1. The van der Waals surface area contributed by atoms with Gasteiger partial charge in [-0.25, -0.2) is 41.7 Å². The van der Waals surface area contributed by atoms with Crippen molar-refractivity contribution in [1.29, 1.82) is 0 Å². The minimum Gasteiger partial charge on any atom is -0.508 e. The van der Waals surface area contributed by atoms with Crippen LogP contribution in [0.15, 0.2) is 108 Å². The summed E-state index contributed by atoms with van der Waals surface area (Å²) in [5.41, 5.74) is 15.1. The number of aliphatic hydroxyl groups is 6. The van der Waals surface area contributed by atoms with Crippen LogP contribution in [0.5, 0.6) is 17.2 Å². The van der Waals surface area contributed by atoms with Gasteiger partial charge < -0.3 is 80.8 Å². The van der Waals surface area contributed by atoms with E-state index >= 15 is 17.6 Å². The second-order valence-corrected chi connectivity index (χ2v) is 29.6. The largest absolute Gasteiger partial charge is 0.508 e. The van der Waals surface area contributed by atoms with E-state index in [4.69, 9.17) is 29.4 Å². The molecule has 8 heterocycles. The summed E-state index contributed by atoms with van der Waals surface area (Å²) in [6.45, 7) is -0.959. The zero-order valence-corrected chi connectivity index (χ0v) is 61.2. The Balaban J connectivity index is 0.583. The van der Waals surface area contributed by atoms with Gasteiger partial charge in [0.1, 0.15) is 53.0 Å². The van der Waals surface area contributed by atoms with Gasteiger partial charge in [-0.15, -0.1) is 10.2 Å². The van der Waals surface area contributed by atoms with Gasteiger partial charge in [-0.1, -0.05) is 64.8 Å². The molecule has 2 saturated carbocycles. The number of phenols is 3. The second kappa shape index (κ2) is 33.7. The fourth-order valence-electron chi connectivity index (χ4n) is 16.8. The van der Waals surface area contributed by atoms with Crippen LogP contribution in [0.2, 0.25) is 0 Å². The number of aromatic amines is 2. The molecule has 3 aliphatic heterocycles. The van der Waals surface area contributed by atoms with Gasteiger partial charge in [0, 0.05) is 68.4 Å². The number of nitrogens with zero attached hydrogens (tertiary/aromatic N) is 11. The van der Waals surface area contributed by atoms with Crippen molar-refractivity contribution in [3.8, 4) is 61.8 Å². The molecule has 9 aromatic rings. The lowest BCUT2D eigenvalue weighted by Gasteiger charge is -2.39. The second-order valence-electron chi connectivity index (χ2n) is 29.6. The van der Waals surface area contributed by atoms with Crippen LogP contribution in [0.1, 0.15) is 123 Å². The summed E-state index contributed by atoms with van der Waals surface area (Å²) in [7, 11) is 0. The van der Waals surface area contributed by atoms with Crippen LogP contribution in [0.4, 0.5) is 28.0 Å². The topological polar surface area (TPSA) is 418 Å². The first-order chi connectivity index (χ1) is 54.8. The third kappa shape index (κ3) is 16.2. The van der Waals surface area contributed by atoms with Crippen molar-refractivity contribution in [3.63, 3.8) is 0 Å². The van der Waals surface area contributed by atoms with E-state index in [1.807, 2.05) is 16.8 Å². The third-order valence-corrected chi connectivity index (χ3v) is 22.6. The molecule has 590 valence electrons. The quantitative estimate of drug-likeness (QED) is 0.00706. The number of fused-ring (bicyclic) bond motifs is 10. The van der Waals surface area contributed by atoms with Gasteiger partial charge in [-0.3, -0.25) is 0 Å². The number of aromatic nitrogens is 10. The first-order valence-corrected chi connectivity index (χ1v) is 38.0. The number of amides is 1. The van der Waals surface area contributed by atoms with E-state index < -0.39 is 103 Å². The molecule has 113 heavy (non-hydrogen) atoms. The Labute approximate surface area is 643 Å². The molecule has 3 aliphatic carbocycles. The molecule has 1 saturated heterocycles. The summed E-state index contributed by atoms with van der Waals surface area (Å²) in [5, 5.41) is 122. The van der Waals surface area contributed by atoms with Crippen LogP contribution in [0, 0.1) is 46.9 Å². The van der Waals surface area contributed by atoms with E-state index in [9.17, 15) is 56.3 Å². The predicted octanol–water partition coefficient (Wildman–Crippen LogP) is 12.0. The van der Waals surface area contributed by atoms with E-state index in [2.05, 4.69) is 46.0 Å². The van der Waals surface area contributed by atoms with Gasteiger partial charge in [0.05, 0.1) is 90.5 Å². The average molecular weight is 1550 g/mol. The molecular weight excluding hydrogens is 1470 g/mol. The average Bonchev–Trinajstić information content (AvgIpc) is 1.69. The summed E-state index contributed by atoms with van der Waals surface area (Å²) in [6.07, 6.45) is 6.18. The van der Waals surface area contributed by atoms with Crippen LogP contribution in [-0.2, 0) is 33.7 Å². The molecule has 5 aromatic heterocycles. The zero-order valence-electron chi connectivity index (χ0n) is 61.2. The van der Waals surface area contributed by atoms with E-state index in [-0.39, 0.29) is 89.9 Å². The van der Waals surface area contributed by atoms with Gasteiger partial charge in [-0.05, 0) is 201 Å². The molecule has 1 amide bonds. The maximum atomic E-state index is 17.2. The first kappa shape index (κ1) is 77.3. The van der Waals surface area contributed by atoms with Crippen LogP contribution in [0.25, 0.3) is 101 Å². The fourth-order valence-corrected chi connectivity index (χ4v) is 16.8. The number of benzene rings is 4. The fraction of sp³-hybridized carbons (Fsp3) is 0.395. The van der Waals surface area contributed by atoms with Crippen LogP contribution in [0.3, 0.4) is 0 Å². The number of rotatable bonds is 23. The molecule has 0 radical (unpaired) electrons. The van der Waals surface area contributed by atoms with Crippen molar-refractivity contribution in [2.45, 2.75) is 145 Å². The number of hydrogen-bond donors (Lipinski definition) is 13. The van der Waals surface area contributed by atoms with Crippen LogP contribution < -0.4 is 10.6 Å². The molecule has 28 nitrogen and oxygen atoms in total. The maximum absolute atomic E-state index is 17.2. The number of aromatic hydroxyl groups is 3. The van der Waals surface area contributed by atoms with E-state index in [0.717, 1.165) is 24.2 Å². The third-order valence-electron chi connectivity index (χ3n) is 22.6. The van der Waals surface area contributed by atoms with E-state index in [1.54, 1.807) is 83.7 Å². The van der Waals surface area contributed by atoms with Crippen LogP contribution in [-0.4, -0.2) is 178 Å². The Morgan fingerprint density at radius 3 is 1.76 bits per heavy atom. The molecule has 4 aromatic carbocycles. The number of azide groups is 1. The number of aryl methyl sites for hydroxylation is 1. The standard InChI is InChI=1S/C81H85F4N15O13/c82-72-71(70-61-27-25-59(91-61)68(42-9-6-12-48(104)33-42)57-23-21-55(89-57)67(41-8-5-11-47(103)32-41)56-22-24-58(90-56)69(60-26-28-62(70)92-60)43-10-7-13-49(105)34-43)73(83)75(85)76(74(72)84)87-30-3-1-2-4-31-88-81(110)112-40-53-50-18-20-54-64(29-19-51(50)53)100(98-95-54)46-15-14-45(16-17-52(65(106)37-101)63(35-46)94-96-86)99-36-44(93-97-99)39-111-80-79(109)78(108)77(107)66(38-102)113-80/h5-13,21-28,32-34,36,45-46,50-53,63,65-66,77-80,87,89,92,101-109H,1-4,14-20,29-31,35,37-40H2,(H,88,110)/t45?,46?,50-,51+,52?,53+,63?,65?,66?,77+,78?,79?,80-/m0/s1. The normalized spacial score (nSPS) is 23.0. The van der Waals surface area contributed by atoms with Gasteiger partial charge in [0.15, 0.2) is 29.6 Å². The number of phenolic OH excluding ortho intramolecular Hbond substituents is 3. The van der Waals surface area contributed by atoms with Crippen molar-refractivity contribution >= 4 is 58.2 Å². The highest BCUT2D eigenvalue weighted by Crippen LogP contribution is 2.54. The van der Waals surface area contributed by atoms with Crippen LogP contribution >= 0.6 is 0 Å². The molecule has 3 fully saturated rings. The number of carbonyl (C=O) groups is 1. The molecule has 15 rings (SSSR count). The van der Waals surface area contributed by atoms with Crippen molar-refractivity contribution in [2.75, 3.05) is 38.2 Å². The van der Waals surface area contributed by atoms with Crippen molar-refractivity contribution in [2.24, 2.45) is 28.8 Å². The minimum absolute atomic E-state index is 0.0106. The monoisotopic (exact) mass is 1550 g/mol. The zero-order chi connectivity index (χ0) is 78.7. The lowest BCUT2D eigenvalue weighted by atomic mass is 9.86. The highest BCUT2D eigenvalue weighted by molar-refractivity contribution is 6.00. The maximum Gasteiger partial charge on any atom is 0.407 e. The number of aliphatic hydroxyl groups excluding tert-OH is 6. The lowest BCUT2D eigenvalue weighted by Crippen LogP contribution is -2.59. The molecule has 13 atom stereocenters. The Morgan fingerprint density at radius 1 is 0.646 bits per heavy atom. The van der Waals surface area contributed by atoms with Gasteiger partial charge in [0.2, 0.25) is 0 Å². The Bertz CT molecular complexity index is 5240. The van der Waals surface area contributed by atoms with Gasteiger partial charge in [-0.2, -0.15) is 0 Å². The number of anilines is 1. The SMILES string of the molecule is [N-]=[N+]=NC1CC(n2nnc3c2CC[C@@H]2[C@H](CC3)[C@H]2COC(=O)NCCCCCCNc2c(F)c(F)c(-c3c4nc(c(-c5cccc(O)c5)c5ccc([nH]5)c(-c5cccc(O)c5)c5nc(c(-c6cccc(O)c6)c6ccc3[nH]6)C=C5)C=C4)c(F)c2F)CCC(n2cc(CO[C@H]3OC(CO)[C@@H](O)C(O)C3O)nn2)CCC1C(O)CO. The molecule has 32 heteroatoms. The summed E-state index contributed by atoms with van der Waals surface area (Å²) >= 11 is 0. The summed E-state index contributed by atoms with van der Waals surface area (Å²) in [6, 6.07) is 24.9. The number of alkyl carbamates (subject to hydrolysis) is 1. The Morgan fingerprint density at radius 2 is 1.19 bits per heavy atom. The number of ether oxygens (including phenoxy) is 3. The molecule has 8 bridgehead atoms. The molecule has 13 N–H and O–H groups in total. The highest BCUT2D eigenvalue weighted by atomic mass is 19.2. The number of H-pyrrole nitrogens is 2. The number of halogens is 4. The number of nitrogens with one attached hydrogen (secondary N) is 4. The first-order valence-electron chi connectivity index (χ1n) is 38.0. The highest BCUT2D eigenvalue weighted by Gasteiger charge is 2.51. The smallest absolute Gasteiger partial charge is 0.407 e. The number of carbonyl (C=O) groups excluding carboxylic acids is 1. The number of unbranched alkanes of at least 4 members (excludes halogenated alkanes) is 3. The molecule has 8 unspecified atom stereocenters. The van der Waals surface area contributed by atoms with Gasteiger partial charge >= 0.3 is 6.09 Å². The predicted molar refractivity (Wildman–Crippen MR) is 408 cm³/mol. The Hall–Kier alpha value is -11.1. The van der Waals surface area contributed by atoms with Crippen molar-refractivity contribution in [3.05, 3.63) is 177 Å². The summed E-state index contributed by atoms with van der Waals surface area (Å²) < 4.78 is 88.5. The minimum atomic E-state index is -1.69. The van der Waals surface area contributed by atoms with E-state index in [1.165, 1.54) is 36.4 Å². The van der Waals surface area contributed by atoms with Crippen molar-refractivity contribution < 1.29 is 82.5 Å². The summed E-state index contributed by atoms with van der Waals surface area (Å²) in [4.78, 5) is 33.1. The van der Waals surface area contributed by atoms with Gasteiger partial charge in [0.25, 0.3) is 0 Å². The lowest BCUT2D eigenvalue weighted by molar-refractivity contribution is -0.304. The molecule has 0 spiro atoms.